The normalized spacial score (nSPS) is 14.9. The third kappa shape index (κ3) is 5.28. The standard InChI is InChI=1S/C23H27N5O4S/c1-17(29)18-7-9-19(10-8-18)24-23(30)6-5-15-28-22-12-11-20(16-21(22)25-26-28)33(31,32)27-13-3-2-4-14-27/h7-12,16H,2-6,13-15H2,1H3,(H,24,30). The monoisotopic (exact) mass is 469 g/mol. The summed E-state index contributed by atoms with van der Waals surface area (Å²) in [5, 5.41) is 11.1. The van der Waals surface area contributed by atoms with Crippen LogP contribution in [0.25, 0.3) is 11.0 Å². The Kier molecular flexibility index (Phi) is 6.85. The fourth-order valence-corrected chi connectivity index (χ4v) is 5.47. The largest absolute Gasteiger partial charge is 0.326 e. The molecule has 0 radical (unpaired) electrons. The van der Waals surface area contributed by atoms with Gasteiger partial charge in [0.05, 0.1) is 10.4 Å². The quantitative estimate of drug-likeness (QED) is 0.507. The number of nitrogens with zero attached hydrogens (tertiary/aromatic N) is 4. The van der Waals surface area contributed by atoms with Crippen molar-refractivity contribution in [1.82, 2.24) is 19.3 Å². The Morgan fingerprint density at radius 2 is 1.76 bits per heavy atom. The molecule has 1 saturated heterocycles. The van der Waals surface area contributed by atoms with E-state index in [0.29, 0.717) is 42.8 Å². The number of aromatic nitrogens is 3. The second-order valence-electron chi connectivity index (χ2n) is 8.21. The minimum Gasteiger partial charge on any atom is -0.326 e. The zero-order chi connectivity index (χ0) is 23.4. The lowest BCUT2D eigenvalue weighted by Crippen LogP contribution is -2.35. The van der Waals surface area contributed by atoms with E-state index in [1.807, 2.05) is 0 Å². The molecule has 0 bridgehead atoms. The third-order valence-corrected chi connectivity index (χ3v) is 7.68. The summed E-state index contributed by atoms with van der Waals surface area (Å²) in [5.74, 6) is -0.158. The van der Waals surface area contributed by atoms with Crippen molar-refractivity contribution in [2.45, 2.75) is 50.5 Å². The fourth-order valence-electron chi connectivity index (χ4n) is 3.93. The lowest BCUT2D eigenvalue weighted by molar-refractivity contribution is -0.116. The minimum atomic E-state index is -3.53. The highest BCUT2D eigenvalue weighted by Gasteiger charge is 2.26. The Hall–Kier alpha value is -3.11. The molecular formula is C23H27N5O4S. The fraction of sp³-hybridized carbons (Fsp3) is 0.391. The van der Waals surface area contributed by atoms with Crippen LogP contribution in [0.5, 0.6) is 0 Å². The number of hydrogen-bond donors (Lipinski definition) is 1. The maximum Gasteiger partial charge on any atom is 0.243 e. The van der Waals surface area contributed by atoms with Crippen LogP contribution in [0.1, 0.15) is 49.4 Å². The molecule has 33 heavy (non-hydrogen) atoms. The smallest absolute Gasteiger partial charge is 0.243 e. The highest BCUT2D eigenvalue weighted by Crippen LogP contribution is 2.23. The van der Waals surface area contributed by atoms with Gasteiger partial charge in [-0.2, -0.15) is 4.31 Å². The SMILES string of the molecule is CC(=O)c1ccc(NC(=O)CCCn2nnc3cc(S(=O)(=O)N4CCCCC4)ccc32)cc1. The zero-order valence-electron chi connectivity index (χ0n) is 18.5. The zero-order valence-corrected chi connectivity index (χ0v) is 19.3. The summed E-state index contributed by atoms with van der Waals surface area (Å²) < 4.78 is 29.0. The molecule has 2 heterocycles. The van der Waals surface area contributed by atoms with Crippen LogP contribution in [-0.4, -0.2) is 52.5 Å². The number of nitrogens with one attached hydrogen (secondary N) is 1. The molecule has 0 spiro atoms. The maximum absolute atomic E-state index is 12.9. The molecule has 1 amide bonds. The number of fused-ring (bicyclic) bond motifs is 1. The molecule has 10 heteroatoms. The molecule has 0 unspecified atom stereocenters. The second-order valence-corrected chi connectivity index (χ2v) is 10.2. The first kappa shape index (κ1) is 23.1. The maximum atomic E-state index is 12.9. The van der Waals surface area contributed by atoms with Gasteiger partial charge in [0.15, 0.2) is 5.78 Å². The van der Waals surface area contributed by atoms with Crippen molar-refractivity contribution in [3.05, 3.63) is 48.0 Å². The van der Waals surface area contributed by atoms with Crippen LogP contribution < -0.4 is 5.32 Å². The molecule has 1 aliphatic heterocycles. The summed E-state index contributed by atoms with van der Waals surface area (Å²) >= 11 is 0. The predicted octanol–water partition coefficient (Wildman–Crippen LogP) is 3.23. The van der Waals surface area contributed by atoms with Gasteiger partial charge in [-0.25, -0.2) is 13.1 Å². The number of ketones is 1. The number of piperidine rings is 1. The average Bonchev–Trinajstić information content (AvgIpc) is 3.22. The number of carbonyl (C=O) groups is 2. The highest BCUT2D eigenvalue weighted by atomic mass is 32.2. The Morgan fingerprint density at radius 3 is 2.45 bits per heavy atom. The van der Waals surface area contributed by atoms with Crippen molar-refractivity contribution in [2.24, 2.45) is 0 Å². The third-order valence-electron chi connectivity index (χ3n) is 5.79. The van der Waals surface area contributed by atoms with Gasteiger partial charge >= 0.3 is 0 Å². The Balaban J connectivity index is 1.35. The van der Waals surface area contributed by atoms with Crippen molar-refractivity contribution >= 4 is 38.4 Å². The number of amides is 1. The van der Waals surface area contributed by atoms with Gasteiger partial charge < -0.3 is 5.32 Å². The van der Waals surface area contributed by atoms with Crippen molar-refractivity contribution in [2.75, 3.05) is 18.4 Å². The van der Waals surface area contributed by atoms with Crippen LogP contribution in [0.3, 0.4) is 0 Å². The number of carbonyl (C=O) groups excluding carboxylic acids is 2. The Morgan fingerprint density at radius 1 is 1.03 bits per heavy atom. The number of anilines is 1. The first-order valence-electron chi connectivity index (χ1n) is 11.1. The van der Waals surface area contributed by atoms with Gasteiger partial charge in [-0.05, 0) is 68.7 Å². The lowest BCUT2D eigenvalue weighted by atomic mass is 10.1. The van der Waals surface area contributed by atoms with Crippen molar-refractivity contribution in [1.29, 1.82) is 0 Å². The van der Waals surface area contributed by atoms with Gasteiger partial charge in [-0.3, -0.25) is 9.59 Å². The van der Waals surface area contributed by atoms with E-state index in [1.54, 1.807) is 47.1 Å². The number of rotatable bonds is 8. The van der Waals surface area contributed by atoms with E-state index < -0.39 is 10.0 Å². The van der Waals surface area contributed by atoms with Crippen LogP contribution >= 0.6 is 0 Å². The molecule has 0 atom stereocenters. The van der Waals surface area contributed by atoms with Crippen molar-refractivity contribution < 1.29 is 18.0 Å². The summed E-state index contributed by atoms with van der Waals surface area (Å²) in [5.41, 5.74) is 2.48. The number of aryl methyl sites for hydroxylation is 1. The second kappa shape index (κ2) is 9.80. The van der Waals surface area contributed by atoms with Gasteiger partial charge in [-0.1, -0.05) is 11.6 Å². The van der Waals surface area contributed by atoms with Crippen molar-refractivity contribution in [3.63, 3.8) is 0 Å². The average molecular weight is 470 g/mol. The molecular weight excluding hydrogens is 442 g/mol. The van der Waals surface area contributed by atoms with Crippen LogP contribution in [0, 0.1) is 0 Å². The molecule has 0 saturated carbocycles. The molecule has 1 fully saturated rings. The summed E-state index contributed by atoms with van der Waals surface area (Å²) in [6.45, 7) is 3.08. The van der Waals surface area contributed by atoms with Gasteiger partial charge in [0.1, 0.15) is 5.52 Å². The lowest BCUT2D eigenvalue weighted by Gasteiger charge is -2.25. The highest BCUT2D eigenvalue weighted by molar-refractivity contribution is 7.89. The molecule has 2 aromatic carbocycles. The number of benzene rings is 2. The van der Waals surface area contributed by atoms with E-state index in [9.17, 15) is 18.0 Å². The van der Waals surface area contributed by atoms with E-state index in [2.05, 4.69) is 15.6 Å². The van der Waals surface area contributed by atoms with Gasteiger partial charge in [0.2, 0.25) is 15.9 Å². The first-order valence-corrected chi connectivity index (χ1v) is 12.5. The van der Waals surface area contributed by atoms with Crippen LogP contribution in [0.15, 0.2) is 47.4 Å². The number of hydrogen-bond acceptors (Lipinski definition) is 6. The molecule has 9 nitrogen and oxygen atoms in total. The van der Waals surface area contributed by atoms with Crippen LogP contribution in [0.2, 0.25) is 0 Å². The van der Waals surface area contributed by atoms with E-state index in [-0.39, 0.29) is 23.0 Å². The van der Waals surface area contributed by atoms with Gasteiger partial charge in [0.25, 0.3) is 0 Å². The summed E-state index contributed by atoms with van der Waals surface area (Å²) in [4.78, 5) is 23.8. The molecule has 1 aliphatic rings. The number of sulfonamides is 1. The topological polar surface area (TPSA) is 114 Å². The molecule has 3 aromatic rings. The van der Waals surface area contributed by atoms with E-state index in [4.69, 9.17) is 0 Å². The summed E-state index contributed by atoms with van der Waals surface area (Å²) in [6.07, 6.45) is 3.66. The summed E-state index contributed by atoms with van der Waals surface area (Å²) in [7, 11) is -3.53. The Bertz CT molecular complexity index is 1260. The number of Topliss-reactive ketones (excluding diaryl/α,β-unsaturated/α-hetero) is 1. The van der Waals surface area contributed by atoms with E-state index in [1.165, 1.54) is 11.2 Å². The molecule has 4 rings (SSSR count). The van der Waals surface area contributed by atoms with Gasteiger partial charge in [-0.15, -0.1) is 5.10 Å². The Labute approximate surface area is 192 Å². The molecule has 1 N–H and O–H groups in total. The molecule has 1 aromatic heterocycles. The van der Waals surface area contributed by atoms with Crippen molar-refractivity contribution in [3.8, 4) is 0 Å². The minimum absolute atomic E-state index is 0.0239. The summed E-state index contributed by atoms with van der Waals surface area (Å²) in [6, 6.07) is 11.7. The van der Waals surface area contributed by atoms with Gasteiger partial charge in [0, 0.05) is 37.3 Å². The molecule has 0 aliphatic carbocycles. The van der Waals surface area contributed by atoms with E-state index >= 15 is 0 Å². The van der Waals surface area contributed by atoms with Crippen LogP contribution in [0.4, 0.5) is 5.69 Å². The predicted molar refractivity (Wildman–Crippen MR) is 124 cm³/mol. The molecule has 174 valence electrons. The van der Waals surface area contributed by atoms with Crippen LogP contribution in [-0.2, 0) is 21.4 Å². The van der Waals surface area contributed by atoms with E-state index in [0.717, 1.165) is 24.8 Å². The first-order chi connectivity index (χ1) is 15.8.